The molecule has 0 aliphatic carbocycles. The molecule has 6 nitrogen and oxygen atoms in total. The third-order valence-corrected chi connectivity index (χ3v) is 3.03. The first kappa shape index (κ1) is 16.5. The van der Waals surface area contributed by atoms with Gasteiger partial charge < -0.3 is 20.6 Å². The number of likely N-dealkylation sites (N-methyl/N-ethyl adjacent to an activating group) is 1. The number of piperidine rings is 1. The molecule has 0 saturated carbocycles. The maximum absolute atomic E-state index is 12.2. The summed E-state index contributed by atoms with van der Waals surface area (Å²) < 4.78 is 36.5. The zero-order valence-electron chi connectivity index (χ0n) is 11.4. The summed E-state index contributed by atoms with van der Waals surface area (Å²) >= 11 is 0. The molecule has 0 spiro atoms. The molecule has 9 heteroatoms. The summed E-state index contributed by atoms with van der Waals surface area (Å²) in [6.45, 7) is -0.216. The SMILES string of the molecule is CN=C(NCC(O)C(F)(F)F)NC1CCC(=O)N(C)C1. The maximum atomic E-state index is 12.2. The van der Waals surface area contributed by atoms with Gasteiger partial charge in [-0.3, -0.25) is 9.79 Å². The largest absolute Gasteiger partial charge is 0.416 e. The van der Waals surface area contributed by atoms with Crippen LogP contribution in [0.1, 0.15) is 12.8 Å². The van der Waals surface area contributed by atoms with E-state index in [1.165, 1.54) is 7.05 Å². The number of nitrogens with zero attached hydrogens (tertiary/aromatic N) is 2. The van der Waals surface area contributed by atoms with Crippen molar-refractivity contribution in [1.29, 1.82) is 0 Å². The molecule has 1 amide bonds. The molecule has 3 N–H and O–H groups in total. The van der Waals surface area contributed by atoms with Crippen LogP contribution in [0.2, 0.25) is 0 Å². The van der Waals surface area contributed by atoms with E-state index in [9.17, 15) is 18.0 Å². The Morgan fingerprint density at radius 1 is 1.60 bits per heavy atom. The van der Waals surface area contributed by atoms with E-state index >= 15 is 0 Å². The average molecular weight is 296 g/mol. The molecule has 1 saturated heterocycles. The van der Waals surface area contributed by atoms with Crippen molar-refractivity contribution < 1.29 is 23.1 Å². The first-order chi connectivity index (χ1) is 9.24. The number of carbonyl (C=O) groups is 1. The standard InChI is InChI=1S/C11H19F3N4O2/c1-15-10(16-5-8(19)11(12,13)14)17-7-3-4-9(20)18(2)6-7/h7-8,19H,3-6H2,1-2H3,(H2,15,16,17). The summed E-state index contributed by atoms with van der Waals surface area (Å²) in [7, 11) is 3.09. The van der Waals surface area contributed by atoms with Crippen LogP contribution in [0.4, 0.5) is 13.2 Å². The van der Waals surface area contributed by atoms with E-state index in [2.05, 4.69) is 15.6 Å². The number of guanidine groups is 1. The highest BCUT2D eigenvalue weighted by atomic mass is 19.4. The smallest absolute Gasteiger partial charge is 0.382 e. The number of alkyl halides is 3. The van der Waals surface area contributed by atoms with E-state index < -0.39 is 18.8 Å². The molecule has 2 unspecified atom stereocenters. The van der Waals surface area contributed by atoms with E-state index in [1.807, 2.05) is 0 Å². The molecule has 116 valence electrons. The fraction of sp³-hybridized carbons (Fsp3) is 0.818. The van der Waals surface area contributed by atoms with Gasteiger partial charge in [0.25, 0.3) is 0 Å². The molecular weight excluding hydrogens is 277 g/mol. The van der Waals surface area contributed by atoms with Gasteiger partial charge in [-0.1, -0.05) is 0 Å². The molecule has 1 fully saturated rings. The second-order valence-corrected chi connectivity index (χ2v) is 4.66. The van der Waals surface area contributed by atoms with Crippen LogP contribution in [-0.2, 0) is 4.79 Å². The Labute approximate surface area is 115 Å². The first-order valence-electron chi connectivity index (χ1n) is 6.20. The van der Waals surface area contributed by atoms with Gasteiger partial charge in [0.15, 0.2) is 12.1 Å². The number of hydrogen-bond acceptors (Lipinski definition) is 3. The monoisotopic (exact) mass is 296 g/mol. The number of amides is 1. The molecule has 1 aliphatic heterocycles. The Hall–Kier alpha value is -1.51. The van der Waals surface area contributed by atoms with Crippen molar-refractivity contribution in [2.45, 2.75) is 31.2 Å². The maximum Gasteiger partial charge on any atom is 0.416 e. The summed E-state index contributed by atoms with van der Waals surface area (Å²) in [5.41, 5.74) is 0. The number of halogens is 3. The molecule has 0 aromatic carbocycles. The van der Waals surface area contributed by atoms with E-state index in [0.29, 0.717) is 19.4 Å². The van der Waals surface area contributed by atoms with Crippen molar-refractivity contribution in [3.63, 3.8) is 0 Å². The van der Waals surface area contributed by atoms with Crippen LogP contribution in [0, 0.1) is 0 Å². The molecule has 20 heavy (non-hydrogen) atoms. The van der Waals surface area contributed by atoms with Gasteiger partial charge in [-0.15, -0.1) is 0 Å². The van der Waals surface area contributed by atoms with Crippen LogP contribution in [0.3, 0.4) is 0 Å². The van der Waals surface area contributed by atoms with Crippen LogP contribution in [-0.4, -0.2) is 67.4 Å². The molecule has 0 bridgehead atoms. The normalized spacial score (nSPS) is 22.7. The van der Waals surface area contributed by atoms with Gasteiger partial charge in [-0.25, -0.2) is 0 Å². The van der Waals surface area contributed by atoms with Crippen molar-refractivity contribution in [2.75, 3.05) is 27.2 Å². The van der Waals surface area contributed by atoms with Crippen LogP contribution in [0.5, 0.6) is 0 Å². The number of rotatable bonds is 3. The predicted molar refractivity (Wildman–Crippen MR) is 67.2 cm³/mol. The Kier molecular flexibility index (Phi) is 5.61. The molecule has 0 radical (unpaired) electrons. The van der Waals surface area contributed by atoms with E-state index in [1.54, 1.807) is 11.9 Å². The summed E-state index contributed by atoms with van der Waals surface area (Å²) in [4.78, 5) is 16.7. The summed E-state index contributed by atoms with van der Waals surface area (Å²) in [5.74, 6) is 0.208. The Morgan fingerprint density at radius 2 is 2.25 bits per heavy atom. The highest BCUT2D eigenvalue weighted by molar-refractivity contribution is 5.81. The number of aliphatic imine (C=N–C) groups is 1. The number of aliphatic hydroxyl groups is 1. The van der Waals surface area contributed by atoms with Gasteiger partial charge >= 0.3 is 6.18 Å². The predicted octanol–water partition coefficient (Wildman–Crippen LogP) is -0.305. The van der Waals surface area contributed by atoms with Gasteiger partial charge in [0, 0.05) is 33.1 Å². The minimum absolute atomic E-state index is 0.0403. The van der Waals surface area contributed by atoms with Crippen LogP contribution in [0.15, 0.2) is 4.99 Å². The molecule has 1 aliphatic rings. The number of aliphatic hydroxyl groups excluding tert-OH is 1. The van der Waals surface area contributed by atoms with Crippen molar-refractivity contribution in [3.8, 4) is 0 Å². The third-order valence-electron chi connectivity index (χ3n) is 3.03. The number of nitrogens with one attached hydrogen (secondary N) is 2. The molecule has 1 heterocycles. The van der Waals surface area contributed by atoms with Crippen molar-refractivity contribution in [1.82, 2.24) is 15.5 Å². The Morgan fingerprint density at radius 3 is 2.75 bits per heavy atom. The van der Waals surface area contributed by atoms with Gasteiger partial charge in [0.1, 0.15) is 0 Å². The van der Waals surface area contributed by atoms with Crippen LogP contribution in [0.25, 0.3) is 0 Å². The molecule has 0 aromatic rings. The Balaban J connectivity index is 2.43. The lowest BCUT2D eigenvalue weighted by Gasteiger charge is -2.31. The Bertz CT molecular complexity index is 373. The molecule has 2 atom stereocenters. The third kappa shape index (κ3) is 4.87. The zero-order chi connectivity index (χ0) is 15.3. The number of likely N-dealkylation sites (tertiary alicyclic amines) is 1. The van der Waals surface area contributed by atoms with Gasteiger partial charge in [-0.05, 0) is 6.42 Å². The summed E-state index contributed by atoms with van der Waals surface area (Å²) in [6.07, 6.45) is -6.14. The van der Waals surface area contributed by atoms with Crippen molar-refractivity contribution in [3.05, 3.63) is 0 Å². The van der Waals surface area contributed by atoms with E-state index in [4.69, 9.17) is 5.11 Å². The van der Waals surface area contributed by atoms with Crippen LogP contribution < -0.4 is 10.6 Å². The first-order valence-corrected chi connectivity index (χ1v) is 6.20. The second kappa shape index (κ2) is 6.78. The highest BCUT2D eigenvalue weighted by Gasteiger charge is 2.38. The average Bonchev–Trinajstić information content (AvgIpc) is 2.37. The van der Waals surface area contributed by atoms with E-state index in [0.717, 1.165) is 0 Å². The molecule has 0 aromatic heterocycles. The lowest BCUT2D eigenvalue weighted by molar-refractivity contribution is -0.201. The summed E-state index contributed by atoms with van der Waals surface area (Å²) in [5, 5.41) is 14.2. The van der Waals surface area contributed by atoms with Gasteiger partial charge in [-0.2, -0.15) is 13.2 Å². The lowest BCUT2D eigenvalue weighted by Crippen LogP contribution is -2.53. The topological polar surface area (TPSA) is 77.0 Å². The minimum atomic E-state index is -4.66. The quantitative estimate of drug-likeness (QED) is 0.493. The highest BCUT2D eigenvalue weighted by Crippen LogP contribution is 2.19. The van der Waals surface area contributed by atoms with Gasteiger partial charge in [0.05, 0.1) is 6.54 Å². The fourth-order valence-electron chi connectivity index (χ4n) is 1.83. The minimum Gasteiger partial charge on any atom is -0.382 e. The zero-order valence-corrected chi connectivity index (χ0v) is 11.4. The fourth-order valence-corrected chi connectivity index (χ4v) is 1.83. The van der Waals surface area contributed by atoms with Crippen molar-refractivity contribution in [2.24, 2.45) is 4.99 Å². The van der Waals surface area contributed by atoms with E-state index in [-0.39, 0.29) is 17.9 Å². The van der Waals surface area contributed by atoms with Crippen LogP contribution >= 0.6 is 0 Å². The molecular formula is C11H19F3N4O2. The summed E-state index contributed by atoms with van der Waals surface area (Å²) in [6, 6.07) is -0.0769. The molecule has 1 rings (SSSR count). The van der Waals surface area contributed by atoms with Crippen molar-refractivity contribution >= 4 is 11.9 Å². The number of hydrogen-bond donors (Lipinski definition) is 3. The van der Waals surface area contributed by atoms with Gasteiger partial charge in [0.2, 0.25) is 5.91 Å². The number of carbonyl (C=O) groups excluding carboxylic acids is 1. The second-order valence-electron chi connectivity index (χ2n) is 4.66. The lowest BCUT2D eigenvalue weighted by atomic mass is 10.1.